The number of H-pyrrole nitrogens is 1. The first kappa shape index (κ1) is 26.1. The van der Waals surface area contributed by atoms with Gasteiger partial charge in [-0.05, 0) is 37.3 Å². The quantitative estimate of drug-likeness (QED) is 0.235. The lowest BCUT2D eigenvalue weighted by Gasteiger charge is -2.24. The third-order valence-corrected chi connectivity index (χ3v) is 7.16. The van der Waals surface area contributed by atoms with Gasteiger partial charge in [-0.3, -0.25) is 14.2 Å². The van der Waals surface area contributed by atoms with E-state index in [1.807, 2.05) is 49.4 Å². The van der Waals surface area contributed by atoms with Gasteiger partial charge in [-0.2, -0.15) is 0 Å². The molecule has 0 fully saturated rings. The summed E-state index contributed by atoms with van der Waals surface area (Å²) in [7, 11) is 1.56. The van der Waals surface area contributed by atoms with Crippen LogP contribution < -0.4 is 25.8 Å². The number of fused-ring (bicyclic) bond motifs is 2. The Morgan fingerprint density at radius 3 is 2.39 bits per heavy atom. The van der Waals surface area contributed by atoms with Gasteiger partial charge in [-0.25, -0.2) is 9.97 Å². The number of nitrogens with zero attached hydrogens (tertiary/aromatic N) is 3. The molecule has 204 valence electrons. The number of methoxy groups -OCH3 is 1. The number of aromatic nitrogens is 4. The van der Waals surface area contributed by atoms with E-state index in [0.717, 1.165) is 0 Å². The topological polar surface area (TPSA) is 111 Å². The summed E-state index contributed by atoms with van der Waals surface area (Å²) >= 11 is 7.13. The fourth-order valence-electron chi connectivity index (χ4n) is 4.91. The van der Waals surface area contributed by atoms with Crippen molar-refractivity contribution in [3.05, 3.63) is 123 Å². The van der Waals surface area contributed by atoms with Crippen LogP contribution in [0.2, 0.25) is 5.02 Å². The Balaban J connectivity index is 1.57. The molecule has 9 nitrogen and oxygen atoms in total. The fourth-order valence-corrected chi connectivity index (χ4v) is 5.31. The van der Waals surface area contributed by atoms with Gasteiger partial charge in [0, 0.05) is 23.3 Å². The lowest BCUT2D eigenvalue weighted by Crippen LogP contribution is -2.27. The number of halogens is 1. The number of pyridine rings is 2. The van der Waals surface area contributed by atoms with Crippen molar-refractivity contribution in [1.82, 2.24) is 19.5 Å². The Kier molecular flexibility index (Phi) is 6.86. The summed E-state index contributed by atoms with van der Waals surface area (Å²) in [6, 6.07) is 22.6. The number of rotatable bonds is 7. The monoisotopic (exact) mass is 565 g/mol. The van der Waals surface area contributed by atoms with Crippen LogP contribution in [0.25, 0.3) is 27.5 Å². The molecule has 6 aromatic rings. The molecule has 0 bridgehead atoms. The van der Waals surface area contributed by atoms with E-state index >= 15 is 0 Å². The molecule has 41 heavy (non-hydrogen) atoms. The van der Waals surface area contributed by atoms with E-state index in [0.29, 0.717) is 61.3 Å². The van der Waals surface area contributed by atoms with E-state index in [2.05, 4.69) is 20.3 Å². The maximum absolute atomic E-state index is 14.4. The predicted molar refractivity (Wildman–Crippen MR) is 160 cm³/mol. The van der Waals surface area contributed by atoms with E-state index in [9.17, 15) is 9.59 Å². The lowest BCUT2D eigenvalue weighted by atomic mass is 10.1. The van der Waals surface area contributed by atoms with Crippen molar-refractivity contribution in [2.45, 2.75) is 13.0 Å². The van der Waals surface area contributed by atoms with Crippen LogP contribution >= 0.6 is 11.6 Å². The van der Waals surface area contributed by atoms with E-state index in [4.69, 9.17) is 21.1 Å². The second-order valence-electron chi connectivity index (χ2n) is 9.26. The van der Waals surface area contributed by atoms with Crippen molar-refractivity contribution < 1.29 is 9.47 Å². The van der Waals surface area contributed by atoms with Crippen molar-refractivity contribution >= 4 is 39.2 Å². The Bertz CT molecular complexity index is 2020. The Morgan fingerprint density at radius 1 is 0.878 bits per heavy atom. The van der Waals surface area contributed by atoms with Crippen molar-refractivity contribution in [3.8, 4) is 22.9 Å². The molecule has 2 N–H and O–H groups in total. The molecule has 3 heterocycles. The van der Waals surface area contributed by atoms with Crippen LogP contribution in [0.4, 0.5) is 5.82 Å². The third kappa shape index (κ3) is 4.66. The molecule has 3 aromatic carbocycles. The largest absolute Gasteiger partial charge is 0.493 e. The molecule has 0 unspecified atom stereocenters. The highest BCUT2D eigenvalue weighted by Crippen LogP contribution is 2.38. The molecule has 0 radical (unpaired) electrons. The number of ether oxygens (including phenoxy) is 2. The number of benzene rings is 3. The smallest absolute Gasteiger partial charge is 0.267 e. The molecule has 0 aliphatic carbocycles. The first-order valence-electron chi connectivity index (χ1n) is 12.8. The number of para-hydroxylation sites is 3. The Hall–Kier alpha value is -5.15. The van der Waals surface area contributed by atoms with Crippen molar-refractivity contribution in [1.29, 1.82) is 0 Å². The Labute approximate surface area is 239 Å². The number of hydrogen-bond donors (Lipinski definition) is 2. The maximum atomic E-state index is 14.4. The zero-order valence-corrected chi connectivity index (χ0v) is 22.8. The standard InChI is InChI=1S/C31H24ClN5O4/c1-18(36-30-26-21(38)15-16-33-29(26)34-17-35-30)28-27(32)20-11-8-14-24(41-23-13-7-6-12-22(23)40-2)25(20)31(39)37(28)19-9-4-3-5-10-19/h3-18H,1-2H3,(H2,33,34,35,36,38)/t18-/m0/s1. The normalized spacial score (nSPS) is 11.9. The molecular formula is C31H24ClN5O4. The van der Waals surface area contributed by atoms with E-state index in [1.165, 1.54) is 18.6 Å². The molecule has 3 aromatic heterocycles. The molecule has 0 saturated carbocycles. The second kappa shape index (κ2) is 10.8. The summed E-state index contributed by atoms with van der Waals surface area (Å²) < 4.78 is 13.2. The van der Waals surface area contributed by atoms with Crippen LogP contribution in [0.3, 0.4) is 0 Å². The van der Waals surface area contributed by atoms with Gasteiger partial charge in [-0.1, -0.05) is 54.1 Å². The van der Waals surface area contributed by atoms with Crippen LogP contribution in [0.1, 0.15) is 18.7 Å². The molecule has 0 saturated heterocycles. The van der Waals surface area contributed by atoms with Gasteiger partial charge in [0.2, 0.25) is 0 Å². The van der Waals surface area contributed by atoms with Crippen LogP contribution in [0.5, 0.6) is 17.2 Å². The molecule has 0 aliphatic heterocycles. The van der Waals surface area contributed by atoms with Gasteiger partial charge in [0.15, 0.2) is 16.9 Å². The number of nitrogens with one attached hydrogen (secondary N) is 2. The number of aromatic amines is 1. The summed E-state index contributed by atoms with van der Waals surface area (Å²) in [5, 5.41) is 4.78. The highest BCUT2D eigenvalue weighted by Gasteiger charge is 2.25. The fraction of sp³-hybridized carbons (Fsp3) is 0.0968. The van der Waals surface area contributed by atoms with Crippen LogP contribution in [0, 0.1) is 0 Å². The summed E-state index contributed by atoms with van der Waals surface area (Å²) in [4.78, 5) is 38.5. The van der Waals surface area contributed by atoms with Crippen LogP contribution in [-0.2, 0) is 0 Å². The molecule has 0 amide bonds. The first-order chi connectivity index (χ1) is 20.0. The lowest BCUT2D eigenvalue weighted by molar-refractivity contribution is 0.380. The second-order valence-corrected chi connectivity index (χ2v) is 9.64. The minimum Gasteiger partial charge on any atom is -0.493 e. The van der Waals surface area contributed by atoms with Crippen molar-refractivity contribution in [2.75, 3.05) is 12.4 Å². The van der Waals surface area contributed by atoms with Gasteiger partial charge in [0.05, 0.1) is 29.3 Å². The molecule has 0 aliphatic rings. The molecule has 6 rings (SSSR count). The maximum Gasteiger partial charge on any atom is 0.267 e. The zero-order valence-electron chi connectivity index (χ0n) is 22.1. The highest BCUT2D eigenvalue weighted by atomic mass is 35.5. The van der Waals surface area contributed by atoms with Crippen LogP contribution in [-0.4, -0.2) is 26.6 Å². The molecule has 10 heteroatoms. The van der Waals surface area contributed by atoms with Crippen LogP contribution in [0.15, 0.2) is 101 Å². The summed E-state index contributed by atoms with van der Waals surface area (Å²) in [6.45, 7) is 1.85. The minimum absolute atomic E-state index is 0.239. The summed E-state index contributed by atoms with van der Waals surface area (Å²) in [5.74, 6) is 1.65. The number of hydrogen-bond acceptors (Lipinski definition) is 7. The summed E-state index contributed by atoms with van der Waals surface area (Å²) in [6.07, 6.45) is 2.89. The predicted octanol–water partition coefficient (Wildman–Crippen LogP) is 6.25. The van der Waals surface area contributed by atoms with E-state index in [-0.39, 0.29) is 11.0 Å². The van der Waals surface area contributed by atoms with Gasteiger partial charge in [-0.15, -0.1) is 0 Å². The average molecular weight is 566 g/mol. The van der Waals surface area contributed by atoms with Gasteiger partial charge in [0.25, 0.3) is 5.56 Å². The van der Waals surface area contributed by atoms with Gasteiger partial charge < -0.3 is 19.8 Å². The van der Waals surface area contributed by atoms with Gasteiger partial charge >= 0.3 is 0 Å². The average Bonchev–Trinajstić information content (AvgIpc) is 2.99. The van der Waals surface area contributed by atoms with Crippen molar-refractivity contribution in [2.24, 2.45) is 0 Å². The third-order valence-electron chi connectivity index (χ3n) is 6.76. The zero-order chi connectivity index (χ0) is 28.5. The van der Waals surface area contributed by atoms with Gasteiger partial charge in [0.1, 0.15) is 28.9 Å². The Morgan fingerprint density at radius 2 is 1.61 bits per heavy atom. The van der Waals surface area contributed by atoms with Crippen molar-refractivity contribution in [3.63, 3.8) is 0 Å². The van der Waals surface area contributed by atoms with E-state index in [1.54, 1.807) is 42.0 Å². The molecule has 1 atom stereocenters. The summed E-state index contributed by atoms with van der Waals surface area (Å²) in [5.41, 5.74) is 0.934. The number of anilines is 1. The minimum atomic E-state index is -0.559. The molecule has 0 spiro atoms. The molecular weight excluding hydrogens is 542 g/mol. The SMILES string of the molecule is COc1ccccc1Oc1cccc2c(Cl)c([C@H](C)Nc3ncnc4[nH]ccc(=O)c34)n(-c3ccccc3)c(=O)c12. The van der Waals surface area contributed by atoms with E-state index < -0.39 is 6.04 Å². The highest BCUT2D eigenvalue weighted by molar-refractivity contribution is 6.36. The first-order valence-corrected chi connectivity index (χ1v) is 13.2.